The fraction of sp³-hybridized carbons (Fsp3) is 0.211. The van der Waals surface area contributed by atoms with Gasteiger partial charge in [-0.25, -0.2) is 9.18 Å². The Kier molecular flexibility index (Phi) is 5.79. The number of carbonyl (C=O) groups excluding carboxylic acids is 2. The minimum Gasteiger partial charge on any atom is -0.408 e. The number of aryl methyl sites for hydroxylation is 1. The molecule has 9 heteroatoms. The van der Waals surface area contributed by atoms with Crippen molar-refractivity contribution in [2.75, 3.05) is 18.9 Å². The fourth-order valence-electron chi connectivity index (χ4n) is 2.69. The molecular weight excluding hydrogens is 389 g/mol. The first-order valence-corrected chi connectivity index (χ1v) is 8.79. The van der Waals surface area contributed by atoms with Crippen molar-refractivity contribution >= 4 is 40.2 Å². The van der Waals surface area contributed by atoms with Gasteiger partial charge in [-0.3, -0.25) is 14.2 Å². The number of nitrogens with one attached hydrogen (secondary N) is 1. The maximum Gasteiger partial charge on any atom is 0.419 e. The lowest BCUT2D eigenvalue weighted by molar-refractivity contribution is -0.133. The topological polar surface area (TPSA) is 84.5 Å². The molecule has 7 nitrogen and oxygen atoms in total. The average Bonchev–Trinajstić information content (AvgIpc) is 2.95. The van der Waals surface area contributed by atoms with E-state index >= 15 is 0 Å². The normalized spacial score (nSPS) is 10.8. The van der Waals surface area contributed by atoms with Gasteiger partial charge in [0.05, 0.1) is 12.1 Å². The van der Waals surface area contributed by atoms with E-state index in [-0.39, 0.29) is 25.4 Å². The van der Waals surface area contributed by atoms with E-state index in [2.05, 4.69) is 5.32 Å². The zero-order valence-corrected chi connectivity index (χ0v) is 15.7. The third-order valence-corrected chi connectivity index (χ3v) is 4.35. The van der Waals surface area contributed by atoms with E-state index in [4.69, 9.17) is 16.0 Å². The number of carbonyl (C=O) groups is 2. The second-order valence-corrected chi connectivity index (χ2v) is 6.62. The van der Waals surface area contributed by atoms with Gasteiger partial charge in [0.2, 0.25) is 11.8 Å². The number of hydrogen-bond donors (Lipinski definition) is 1. The highest BCUT2D eigenvalue weighted by Crippen LogP contribution is 2.18. The second-order valence-electron chi connectivity index (χ2n) is 6.19. The van der Waals surface area contributed by atoms with Gasteiger partial charge in [0.25, 0.3) is 0 Å². The summed E-state index contributed by atoms with van der Waals surface area (Å²) in [4.78, 5) is 37.6. The van der Waals surface area contributed by atoms with Crippen LogP contribution in [0, 0.1) is 5.82 Å². The summed E-state index contributed by atoms with van der Waals surface area (Å²) >= 11 is 5.88. The third-order valence-electron chi connectivity index (χ3n) is 4.11. The Morgan fingerprint density at radius 2 is 1.93 bits per heavy atom. The summed E-state index contributed by atoms with van der Waals surface area (Å²) in [6.45, 7) is -0.0664. The third kappa shape index (κ3) is 4.58. The predicted molar refractivity (Wildman–Crippen MR) is 103 cm³/mol. The van der Waals surface area contributed by atoms with E-state index in [1.165, 1.54) is 46.8 Å². The molecule has 0 radical (unpaired) electrons. The molecule has 0 spiro atoms. The lowest BCUT2D eigenvalue weighted by Crippen LogP contribution is -2.35. The van der Waals surface area contributed by atoms with Crippen molar-refractivity contribution in [2.45, 2.75) is 13.0 Å². The van der Waals surface area contributed by atoms with Gasteiger partial charge >= 0.3 is 5.76 Å². The Bertz CT molecular complexity index is 1070. The number of oxazole rings is 1. The number of nitrogens with zero attached hydrogens (tertiary/aromatic N) is 2. The summed E-state index contributed by atoms with van der Waals surface area (Å²) in [5, 5.41) is 3.02. The van der Waals surface area contributed by atoms with Crippen LogP contribution in [0.1, 0.15) is 6.42 Å². The van der Waals surface area contributed by atoms with Crippen molar-refractivity contribution in [1.82, 2.24) is 9.47 Å². The van der Waals surface area contributed by atoms with Crippen LogP contribution < -0.4 is 11.1 Å². The van der Waals surface area contributed by atoms with Crippen LogP contribution >= 0.6 is 11.6 Å². The van der Waals surface area contributed by atoms with Gasteiger partial charge in [0.1, 0.15) is 5.82 Å². The van der Waals surface area contributed by atoms with E-state index in [0.717, 1.165) is 0 Å². The number of anilines is 1. The highest BCUT2D eigenvalue weighted by Gasteiger charge is 2.16. The number of hydrogen-bond acceptors (Lipinski definition) is 4. The molecule has 146 valence electrons. The van der Waals surface area contributed by atoms with E-state index in [0.29, 0.717) is 21.8 Å². The average molecular weight is 406 g/mol. The van der Waals surface area contributed by atoms with E-state index in [1.54, 1.807) is 12.1 Å². The second kappa shape index (κ2) is 8.26. The Balaban J connectivity index is 1.57. The molecule has 3 aromatic rings. The van der Waals surface area contributed by atoms with E-state index in [9.17, 15) is 18.8 Å². The number of aromatic nitrogens is 1. The number of fused-ring (bicyclic) bond motifs is 1. The van der Waals surface area contributed by atoms with Gasteiger partial charge in [-0.15, -0.1) is 0 Å². The molecule has 0 bridgehead atoms. The maximum atomic E-state index is 12.9. The molecule has 0 atom stereocenters. The molecular formula is C19H17ClFN3O4. The SMILES string of the molecule is CN(CC(=O)Nc1ccc(F)cc1)C(=O)CCn1c(=O)oc2cc(Cl)ccc21. The van der Waals surface area contributed by atoms with Gasteiger partial charge in [0, 0.05) is 36.8 Å². The lowest BCUT2D eigenvalue weighted by atomic mass is 10.3. The zero-order valence-electron chi connectivity index (χ0n) is 14.9. The minimum atomic E-state index is -0.582. The molecule has 2 aromatic carbocycles. The van der Waals surface area contributed by atoms with Crippen molar-refractivity contribution in [3.63, 3.8) is 0 Å². The summed E-state index contributed by atoms with van der Waals surface area (Å²) in [5.41, 5.74) is 1.32. The monoisotopic (exact) mass is 405 g/mol. The predicted octanol–water partition coefficient (Wildman–Crippen LogP) is 2.87. The standard InChI is InChI=1S/C19H17ClFN3O4/c1-23(11-17(25)22-14-5-3-13(21)4-6-14)18(26)8-9-24-15-7-2-12(20)10-16(15)28-19(24)27/h2-7,10H,8-9,11H2,1H3,(H,22,25). The number of rotatable bonds is 6. The van der Waals surface area contributed by atoms with Crippen LogP contribution in [-0.4, -0.2) is 34.9 Å². The van der Waals surface area contributed by atoms with Crippen LogP contribution in [0.3, 0.4) is 0 Å². The highest BCUT2D eigenvalue weighted by molar-refractivity contribution is 6.31. The van der Waals surface area contributed by atoms with Crippen molar-refractivity contribution in [3.05, 3.63) is 63.9 Å². The summed E-state index contributed by atoms with van der Waals surface area (Å²) in [7, 11) is 1.49. The fourth-order valence-corrected chi connectivity index (χ4v) is 2.85. The van der Waals surface area contributed by atoms with Crippen LogP contribution in [0.25, 0.3) is 11.1 Å². The summed E-state index contributed by atoms with van der Waals surface area (Å²) in [6, 6.07) is 10.1. The van der Waals surface area contributed by atoms with Gasteiger partial charge in [-0.2, -0.15) is 0 Å². The van der Waals surface area contributed by atoms with Gasteiger partial charge in [0.15, 0.2) is 5.58 Å². The molecule has 0 aliphatic carbocycles. The largest absolute Gasteiger partial charge is 0.419 e. The first kappa shape index (κ1) is 19.6. The molecule has 1 heterocycles. The van der Waals surface area contributed by atoms with Crippen molar-refractivity contribution < 1.29 is 18.4 Å². The van der Waals surface area contributed by atoms with Crippen molar-refractivity contribution in [2.24, 2.45) is 0 Å². The molecule has 28 heavy (non-hydrogen) atoms. The molecule has 0 saturated carbocycles. The first-order chi connectivity index (χ1) is 13.3. The van der Waals surface area contributed by atoms with Gasteiger partial charge in [-0.1, -0.05) is 11.6 Å². The Morgan fingerprint density at radius 1 is 1.21 bits per heavy atom. The molecule has 0 unspecified atom stereocenters. The Hall–Kier alpha value is -3.13. The number of halogens is 2. The molecule has 0 aliphatic rings. The lowest BCUT2D eigenvalue weighted by Gasteiger charge is -2.17. The molecule has 0 saturated heterocycles. The quantitative estimate of drug-likeness (QED) is 0.683. The van der Waals surface area contributed by atoms with Crippen LogP contribution in [0.5, 0.6) is 0 Å². The van der Waals surface area contributed by atoms with E-state index < -0.39 is 17.5 Å². The van der Waals surface area contributed by atoms with Crippen molar-refractivity contribution in [1.29, 1.82) is 0 Å². The van der Waals surface area contributed by atoms with Crippen LogP contribution in [0.2, 0.25) is 5.02 Å². The van der Waals surface area contributed by atoms with Crippen molar-refractivity contribution in [3.8, 4) is 0 Å². The maximum absolute atomic E-state index is 12.9. The molecule has 0 fully saturated rings. The minimum absolute atomic E-state index is 0.0114. The molecule has 1 N–H and O–H groups in total. The summed E-state index contributed by atoms with van der Waals surface area (Å²) in [6.07, 6.45) is 0.0114. The molecule has 0 aliphatic heterocycles. The Labute approximate surface area is 164 Å². The molecule has 1 aromatic heterocycles. The number of likely N-dealkylation sites (N-methyl/N-ethyl adjacent to an activating group) is 1. The Morgan fingerprint density at radius 3 is 2.64 bits per heavy atom. The number of benzene rings is 2. The van der Waals surface area contributed by atoms with E-state index in [1.807, 2.05) is 0 Å². The van der Waals surface area contributed by atoms with Gasteiger partial charge in [-0.05, 0) is 36.4 Å². The zero-order chi connectivity index (χ0) is 20.3. The molecule has 3 rings (SSSR count). The smallest absolute Gasteiger partial charge is 0.408 e. The summed E-state index contributed by atoms with van der Waals surface area (Å²) in [5.74, 6) is -1.72. The van der Waals surface area contributed by atoms with Crippen LogP contribution in [0.4, 0.5) is 10.1 Å². The van der Waals surface area contributed by atoms with Gasteiger partial charge < -0.3 is 14.6 Å². The molecule has 2 amide bonds. The van der Waals surface area contributed by atoms with Crippen LogP contribution in [-0.2, 0) is 16.1 Å². The number of amides is 2. The first-order valence-electron chi connectivity index (χ1n) is 8.42. The van der Waals surface area contributed by atoms with Crippen LogP contribution in [0.15, 0.2) is 51.7 Å². The summed E-state index contributed by atoms with van der Waals surface area (Å²) < 4.78 is 19.3. The highest BCUT2D eigenvalue weighted by atomic mass is 35.5.